The fourth-order valence-corrected chi connectivity index (χ4v) is 5.71. The van der Waals surface area contributed by atoms with E-state index in [1.54, 1.807) is 43.3 Å². The molecule has 40 heavy (non-hydrogen) atoms. The van der Waals surface area contributed by atoms with Gasteiger partial charge in [-0.05, 0) is 76.1 Å². The number of rotatable bonds is 10. The van der Waals surface area contributed by atoms with Crippen LogP contribution in [0.5, 0.6) is 0 Å². The lowest BCUT2D eigenvalue weighted by Gasteiger charge is -2.34. The Balaban J connectivity index is 2.08. The van der Waals surface area contributed by atoms with Crippen LogP contribution in [0.25, 0.3) is 0 Å². The molecule has 0 heterocycles. The number of halogens is 2. The summed E-state index contributed by atoms with van der Waals surface area (Å²) >= 11 is 6.04. The smallest absolute Gasteiger partial charge is 0.264 e. The monoisotopic (exact) mass is 587 g/mol. The van der Waals surface area contributed by atoms with E-state index in [1.807, 2.05) is 27.7 Å². The van der Waals surface area contributed by atoms with Gasteiger partial charge in [-0.25, -0.2) is 12.8 Å². The Kier molecular flexibility index (Phi) is 9.97. The van der Waals surface area contributed by atoms with Gasteiger partial charge in [0.15, 0.2) is 0 Å². The van der Waals surface area contributed by atoms with E-state index in [0.29, 0.717) is 10.6 Å². The van der Waals surface area contributed by atoms with E-state index in [-0.39, 0.29) is 29.5 Å². The third-order valence-electron chi connectivity index (χ3n) is 6.16. The van der Waals surface area contributed by atoms with Crippen molar-refractivity contribution >= 4 is 39.1 Å². The maximum absolute atomic E-state index is 15.0. The highest BCUT2D eigenvalue weighted by molar-refractivity contribution is 7.92. The first kappa shape index (κ1) is 31.1. The number of carbonyl (C=O) groups excluding carboxylic acids is 2. The third-order valence-corrected chi connectivity index (χ3v) is 8.19. The van der Waals surface area contributed by atoms with Crippen LogP contribution in [0.2, 0.25) is 5.02 Å². The molecular weight excluding hydrogens is 553 g/mol. The van der Waals surface area contributed by atoms with Crippen molar-refractivity contribution in [2.45, 2.75) is 64.1 Å². The zero-order valence-corrected chi connectivity index (χ0v) is 24.9. The largest absolute Gasteiger partial charge is 0.350 e. The first-order valence-electron chi connectivity index (χ1n) is 12.9. The molecule has 0 radical (unpaired) electrons. The van der Waals surface area contributed by atoms with Crippen LogP contribution in [0.1, 0.15) is 45.2 Å². The molecule has 0 aliphatic carbocycles. The molecule has 0 aliphatic heterocycles. The SMILES string of the molecule is CCC(C(=O)NC(C)(C)C)N(Cc1ccc(Cl)cc1)C(=O)CN(c1ccccc1F)S(=O)(=O)c1ccc(C)cc1. The van der Waals surface area contributed by atoms with Gasteiger partial charge in [-0.15, -0.1) is 0 Å². The molecule has 1 unspecified atom stereocenters. The summed E-state index contributed by atoms with van der Waals surface area (Å²) in [6, 6.07) is 17.4. The molecule has 0 fully saturated rings. The number of benzene rings is 3. The number of nitrogens with one attached hydrogen (secondary N) is 1. The van der Waals surface area contributed by atoms with Gasteiger partial charge in [0.05, 0.1) is 10.6 Å². The standard InChI is InChI=1S/C30H35ClFN3O4S/c1-6-26(29(37)33-30(3,4)5)34(19-22-13-15-23(31)16-14-22)28(36)20-35(27-10-8-7-9-25(27)32)40(38,39)24-17-11-21(2)12-18-24/h7-18,26H,6,19-20H2,1-5H3,(H,33,37). The number of carbonyl (C=O) groups is 2. The van der Waals surface area contributed by atoms with Crippen LogP contribution in [0.3, 0.4) is 0 Å². The minimum absolute atomic E-state index is 0.0156. The van der Waals surface area contributed by atoms with E-state index < -0.39 is 39.9 Å². The second kappa shape index (κ2) is 12.8. The Bertz CT molecular complexity index is 1440. The summed E-state index contributed by atoms with van der Waals surface area (Å²) < 4.78 is 43.4. The first-order valence-corrected chi connectivity index (χ1v) is 14.7. The van der Waals surface area contributed by atoms with E-state index in [2.05, 4.69) is 5.32 Å². The molecule has 3 rings (SSSR count). The van der Waals surface area contributed by atoms with Crippen molar-refractivity contribution in [2.24, 2.45) is 0 Å². The molecule has 10 heteroatoms. The predicted molar refractivity (Wildman–Crippen MR) is 156 cm³/mol. The molecule has 3 aromatic carbocycles. The van der Waals surface area contributed by atoms with Crippen LogP contribution >= 0.6 is 11.6 Å². The van der Waals surface area contributed by atoms with Crippen molar-refractivity contribution in [3.05, 3.63) is 94.8 Å². The van der Waals surface area contributed by atoms with Gasteiger partial charge in [0, 0.05) is 17.1 Å². The average molecular weight is 588 g/mol. The summed E-state index contributed by atoms with van der Waals surface area (Å²) in [4.78, 5) is 28.6. The highest BCUT2D eigenvalue weighted by atomic mass is 35.5. The summed E-state index contributed by atoms with van der Waals surface area (Å²) in [6.07, 6.45) is 0.269. The van der Waals surface area contributed by atoms with Gasteiger partial charge in [-0.3, -0.25) is 13.9 Å². The quantitative estimate of drug-likeness (QED) is 0.329. The minimum atomic E-state index is -4.35. The molecule has 2 amide bonds. The van der Waals surface area contributed by atoms with E-state index in [1.165, 1.54) is 35.2 Å². The Morgan fingerprint density at radius 3 is 2.12 bits per heavy atom. The summed E-state index contributed by atoms with van der Waals surface area (Å²) in [5.41, 5.74) is 0.707. The number of nitrogens with zero attached hydrogens (tertiary/aromatic N) is 2. The van der Waals surface area contributed by atoms with Crippen LogP contribution in [0.15, 0.2) is 77.7 Å². The average Bonchev–Trinajstić information content (AvgIpc) is 2.88. The maximum Gasteiger partial charge on any atom is 0.264 e. The van der Waals surface area contributed by atoms with Gasteiger partial charge in [-0.2, -0.15) is 0 Å². The number of aryl methyl sites for hydroxylation is 1. The highest BCUT2D eigenvalue weighted by Crippen LogP contribution is 2.27. The molecule has 0 spiro atoms. The van der Waals surface area contributed by atoms with Crippen molar-refractivity contribution < 1.29 is 22.4 Å². The third kappa shape index (κ3) is 7.82. The van der Waals surface area contributed by atoms with Crippen molar-refractivity contribution in [3.8, 4) is 0 Å². The second-order valence-corrected chi connectivity index (χ2v) is 12.9. The van der Waals surface area contributed by atoms with Crippen molar-refractivity contribution in [2.75, 3.05) is 10.8 Å². The van der Waals surface area contributed by atoms with E-state index in [4.69, 9.17) is 11.6 Å². The van der Waals surface area contributed by atoms with E-state index >= 15 is 4.39 Å². The molecule has 0 aromatic heterocycles. The summed E-state index contributed by atoms with van der Waals surface area (Å²) in [5.74, 6) is -1.84. The molecule has 0 saturated heterocycles. The molecule has 1 atom stereocenters. The first-order chi connectivity index (χ1) is 18.7. The predicted octanol–water partition coefficient (Wildman–Crippen LogP) is 5.70. The Hall–Kier alpha value is -3.43. The zero-order chi connectivity index (χ0) is 29.7. The molecule has 0 bridgehead atoms. The number of para-hydroxylation sites is 1. The minimum Gasteiger partial charge on any atom is -0.350 e. The van der Waals surface area contributed by atoms with Crippen molar-refractivity contribution in [3.63, 3.8) is 0 Å². The Morgan fingerprint density at radius 1 is 0.975 bits per heavy atom. The number of hydrogen-bond donors (Lipinski definition) is 1. The van der Waals surface area contributed by atoms with Gasteiger partial charge in [-0.1, -0.05) is 60.5 Å². The van der Waals surface area contributed by atoms with E-state index in [9.17, 15) is 18.0 Å². The lowest BCUT2D eigenvalue weighted by Crippen LogP contribution is -2.55. The molecule has 3 aromatic rings. The van der Waals surface area contributed by atoms with Crippen LogP contribution in [0, 0.1) is 12.7 Å². The lowest BCUT2D eigenvalue weighted by atomic mass is 10.1. The van der Waals surface area contributed by atoms with Gasteiger partial charge in [0.2, 0.25) is 11.8 Å². The second-order valence-electron chi connectivity index (χ2n) is 10.6. The molecule has 1 N–H and O–H groups in total. The normalized spacial score (nSPS) is 12.5. The number of anilines is 1. The van der Waals surface area contributed by atoms with Crippen molar-refractivity contribution in [1.82, 2.24) is 10.2 Å². The fourth-order valence-electron chi connectivity index (χ4n) is 4.16. The topological polar surface area (TPSA) is 86.8 Å². The van der Waals surface area contributed by atoms with Gasteiger partial charge < -0.3 is 10.2 Å². The van der Waals surface area contributed by atoms with Gasteiger partial charge >= 0.3 is 0 Å². The fraction of sp³-hybridized carbons (Fsp3) is 0.333. The molecular formula is C30H35ClFN3O4S. The van der Waals surface area contributed by atoms with Crippen LogP contribution < -0.4 is 9.62 Å². The van der Waals surface area contributed by atoms with E-state index in [0.717, 1.165) is 15.9 Å². The highest BCUT2D eigenvalue weighted by Gasteiger charge is 2.35. The number of amides is 2. The lowest BCUT2D eigenvalue weighted by molar-refractivity contribution is -0.141. The number of hydrogen-bond acceptors (Lipinski definition) is 4. The van der Waals surface area contributed by atoms with Gasteiger partial charge in [0.1, 0.15) is 18.4 Å². The summed E-state index contributed by atoms with van der Waals surface area (Å²) in [5, 5.41) is 3.42. The zero-order valence-electron chi connectivity index (χ0n) is 23.3. The van der Waals surface area contributed by atoms with Crippen LogP contribution in [0.4, 0.5) is 10.1 Å². The van der Waals surface area contributed by atoms with Gasteiger partial charge in [0.25, 0.3) is 10.0 Å². The number of sulfonamides is 1. The molecule has 0 aliphatic rings. The maximum atomic E-state index is 15.0. The molecule has 7 nitrogen and oxygen atoms in total. The van der Waals surface area contributed by atoms with Crippen LogP contribution in [-0.2, 0) is 26.2 Å². The molecule has 0 saturated carbocycles. The molecule has 214 valence electrons. The Morgan fingerprint density at radius 2 is 1.57 bits per heavy atom. The Labute approximate surface area is 241 Å². The summed E-state index contributed by atoms with van der Waals surface area (Å²) in [7, 11) is -4.35. The summed E-state index contributed by atoms with van der Waals surface area (Å²) in [6.45, 7) is 8.38. The van der Waals surface area contributed by atoms with Crippen molar-refractivity contribution in [1.29, 1.82) is 0 Å². The van der Waals surface area contributed by atoms with Crippen LogP contribution in [-0.4, -0.2) is 43.3 Å².